The number of aliphatic hydroxyl groups excluding tert-OH is 1. The van der Waals surface area contributed by atoms with Crippen LogP contribution < -0.4 is 4.74 Å². The number of fused-ring (bicyclic) bond motifs is 2. The molecule has 3 rings (SSSR count). The molecule has 0 spiro atoms. The summed E-state index contributed by atoms with van der Waals surface area (Å²) in [5, 5.41) is 52.3. The number of hydrogen-bond donors (Lipinski definition) is 5. The van der Waals surface area contributed by atoms with E-state index < -0.39 is 52.1 Å². The number of benzene rings is 1. The Hall–Kier alpha value is -2.20. The van der Waals surface area contributed by atoms with E-state index >= 15 is 0 Å². The van der Waals surface area contributed by atoms with E-state index in [4.69, 9.17) is 4.74 Å². The summed E-state index contributed by atoms with van der Waals surface area (Å²) in [6.45, 7) is 2.08. The smallest absolute Gasteiger partial charge is 0.341 e. The molecule has 2 aliphatic rings. The van der Waals surface area contributed by atoms with Gasteiger partial charge in [-0.3, -0.25) is 4.79 Å². The molecule has 5 N–H and O–H groups in total. The minimum atomic E-state index is -2.64. The van der Waals surface area contributed by atoms with Crippen molar-refractivity contribution >= 4 is 11.8 Å². The van der Waals surface area contributed by atoms with Crippen LogP contribution in [0.3, 0.4) is 0 Å². The summed E-state index contributed by atoms with van der Waals surface area (Å²) >= 11 is 0. The molecule has 0 saturated heterocycles. The normalized spacial score (nSPS) is 39.4. The third-order valence-electron chi connectivity index (χ3n) is 5.11. The highest BCUT2D eigenvalue weighted by Gasteiger charge is 2.77. The zero-order valence-electron chi connectivity index (χ0n) is 13.7. The largest absolute Gasteiger partial charge is 0.506 e. The van der Waals surface area contributed by atoms with Crippen LogP contribution in [0, 0.1) is 5.92 Å². The second kappa shape index (κ2) is 4.92. The maximum absolute atomic E-state index is 12.9. The van der Waals surface area contributed by atoms with Gasteiger partial charge in [-0.2, -0.15) is 0 Å². The Morgan fingerprint density at radius 3 is 2.40 bits per heavy atom. The van der Waals surface area contributed by atoms with Crippen LogP contribution in [0.2, 0.25) is 0 Å². The molecule has 0 aromatic heterocycles. The molecular weight excluding hydrogens is 336 g/mol. The Balaban J connectivity index is 2.25. The molecule has 1 saturated carbocycles. The van der Waals surface area contributed by atoms with E-state index in [9.17, 15) is 35.1 Å². The number of phenols is 1. The Morgan fingerprint density at radius 2 is 1.84 bits per heavy atom. The summed E-state index contributed by atoms with van der Waals surface area (Å²) in [7, 11) is 1.09. The summed E-state index contributed by atoms with van der Waals surface area (Å²) in [5.74, 6) is -7.39. The molecule has 9 nitrogen and oxygen atoms in total. The van der Waals surface area contributed by atoms with E-state index in [-0.39, 0.29) is 11.3 Å². The third-order valence-corrected chi connectivity index (χ3v) is 5.11. The van der Waals surface area contributed by atoms with Crippen LogP contribution >= 0.6 is 0 Å². The minimum absolute atomic E-state index is 0.306. The number of phenolic OH excluding ortho intramolecular Hbond substituents is 1. The lowest BCUT2D eigenvalue weighted by atomic mass is 9.79. The summed E-state index contributed by atoms with van der Waals surface area (Å²) < 4.78 is 9.85. The topological polar surface area (TPSA) is 154 Å². The molecular formula is C16H18O9. The standard InChI is InChI=1S/C16H18O9/c1-14(21)11-10(18)8-7(5-4-6(9(8)17)12(19)24-3)25-16(11,23)15(2,22)13(14)20/h4-5,11,13,17,20-23H,1-3H3. The van der Waals surface area contributed by atoms with Gasteiger partial charge in [0.1, 0.15) is 40.2 Å². The van der Waals surface area contributed by atoms with Crippen LogP contribution in [0.15, 0.2) is 12.1 Å². The molecule has 5 atom stereocenters. The Labute approximate surface area is 142 Å². The third kappa shape index (κ3) is 1.92. The van der Waals surface area contributed by atoms with Gasteiger partial charge in [-0.25, -0.2) is 4.79 Å². The van der Waals surface area contributed by atoms with Gasteiger partial charge in [0.2, 0.25) is 0 Å². The second-order valence-corrected chi connectivity index (χ2v) is 6.70. The number of aromatic hydroxyl groups is 1. The van der Waals surface area contributed by atoms with Crippen molar-refractivity contribution in [2.24, 2.45) is 5.92 Å². The van der Waals surface area contributed by atoms with Gasteiger partial charge >= 0.3 is 5.97 Å². The number of ether oxygens (including phenoxy) is 2. The van der Waals surface area contributed by atoms with E-state index in [1.54, 1.807) is 0 Å². The van der Waals surface area contributed by atoms with Crippen LogP contribution in [0.4, 0.5) is 0 Å². The number of hydrogen-bond acceptors (Lipinski definition) is 9. The first-order valence-corrected chi connectivity index (χ1v) is 7.44. The summed E-state index contributed by atoms with van der Waals surface area (Å²) in [4.78, 5) is 24.6. The number of carbonyl (C=O) groups is 2. The molecule has 0 radical (unpaired) electrons. The number of methoxy groups -OCH3 is 1. The molecule has 1 aromatic carbocycles. The molecule has 9 heteroatoms. The fraction of sp³-hybridized carbons (Fsp3) is 0.500. The zero-order valence-corrected chi connectivity index (χ0v) is 13.7. The lowest BCUT2D eigenvalue weighted by molar-refractivity contribution is -0.264. The Kier molecular flexibility index (Phi) is 3.46. The van der Waals surface area contributed by atoms with Crippen molar-refractivity contribution in [1.29, 1.82) is 0 Å². The average molecular weight is 354 g/mol. The van der Waals surface area contributed by atoms with Gasteiger partial charge in [0.25, 0.3) is 5.79 Å². The molecule has 25 heavy (non-hydrogen) atoms. The SMILES string of the molecule is COC(=O)c1ccc2c(c1O)C(=O)C1C(C)(O)C(O)C(C)(O)C1(O)O2. The van der Waals surface area contributed by atoms with E-state index in [0.717, 1.165) is 33.1 Å². The summed E-state index contributed by atoms with van der Waals surface area (Å²) in [6.07, 6.45) is -1.92. The van der Waals surface area contributed by atoms with Crippen LogP contribution in [0.5, 0.6) is 11.5 Å². The maximum Gasteiger partial charge on any atom is 0.341 e. The minimum Gasteiger partial charge on any atom is -0.506 e. The molecule has 0 bridgehead atoms. The summed E-state index contributed by atoms with van der Waals surface area (Å²) in [6, 6.07) is 2.26. The first kappa shape index (κ1) is 17.6. The molecule has 1 aromatic rings. The second-order valence-electron chi connectivity index (χ2n) is 6.70. The van der Waals surface area contributed by atoms with Crippen LogP contribution in [0.1, 0.15) is 34.6 Å². The number of carbonyl (C=O) groups excluding carboxylic acids is 2. The van der Waals surface area contributed by atoms with E-state index in [1.807, 2.05) is 0 Å². The van der Waals surface area contributed by atoms with Gasteiger partial charge < -0.3 is 35.0 Å². The average Bonchev–Trinajstić information content (AvgIpc) is 2.62. The first-order valence-electron chi connectivity index (χ1n) is 7.44. The Bertz CT molecular complexity index is 782. The lowest BCUT2D eigenvalue weighted by Crippen LogP contribution is -2.62. The Morgan fingerprint density at radius 1 is 1.24 bits per heavy atom. The summed E-state index contributed by atoms with van der Waals surface area (Å²) in [5.41, 5.74) is -5.41. The van der Waals surface area contributed by atoms with Crippen LogP contribution in [0.25, 0.3) is 0 Å². The van der Waals surface area contributed by atoms with Crippen molar-refractivity contribution in [2.75, 3.05) is 7.11 Å². The predicted octanol–water partition coefficient (Wildman–Crippen LogP) is -1.06. The lowest BCUT2D eigenvalue weighted by Gasteiger charge is -2.42. The van der Waals surface area contributed by atoms with Crippen LogP contribution in [-0.2, 0) is 4.74 Å². The highest BCUT2D eigenvalue weighted by atomic mass is 16.7. The molecule has 0 amide bonds. The molecule has 1 aliphatic heterocycles. The maximum atomic E-state index is 12.9. The van der Waals surface area contributed by atoms with E-state index in [2.05, 4.69) is 4.74 Å². The number of esters is 1. The van der Waals surface area contributed by atoms with Crippen molar-refractivity contribution in [3.8, 4) is 11.5 Å². The number of rotatable bonds is 1. The zero-order chi connectivity index (χ0) is 18.9. The highest BCUT2D eigenvalue weighted by Crippen LogP contribution is 2.56. The molecule has 5 unspecified atom stereocenters. The van der Waals surface area contributed by atoms with Crippen LogP contribution in [-0.4, -0.2) is 67.5 Å². The van der Waals surface area contributed by atoms with Gasteiger partial charge in [-0.05, 0) is 26.0 Å². The van der Waals surface area contributed by atoms with Crippen molar-refractivity contribution in [3.05, 3.63) is 23.3 Å². The quantitative estimate of drug-likeness (QED) is 0.397. The molecule has 1 aliphatic carbocycles. The first-order chi connectivity index (χ1) is 11.4. The molecule has 1 fully saturated rings. The van der Waals surface area contributed by atoms with Gasteiger partial charge in [-0.15, -0.1) is 0 Å². The van der Waals surface area contributed by atoms with Gasteiger partial charge in [-0.1, -0.05) is 0 Å². The van der Waals surface area contributed by atoms with Crippen molar-refractivity contribution in [3.63, 3.8) is 0 Å². The van der Waals surface area contributed by atoms with E-state index in [0.29, 0.717) is 0 Å². The molecule has 136 valence electrons. The number of Topliss-reactive ketones (excluding diaryl/α,β-unsaturated/α-hetero) is 1. The van der Waals surface area contributed by atoms with Gasteiger partial charge in [0.15, 0.2) is 11.4 Å². The fourth-order valence-corrected chi connectivity index (χ4v) is 3.70. The van der Waals surface area contributed by atoms with Crippen molar-refractivity contribution in [1.82, 2.24) is 0 Å². The fourth-order valence-electron chi connectivity index (χ4n) is 3.70. The van der Waals surface area contributed by atoms with Crippen molar-refractivity contribution < 1.29 is 44.6 Å². The number of aliphatic hydroxyl groups is 4. The van der Waals surface area contributed by atoms with Crippen molar-refractivity contribution in [2.45, 2.75) is 36.9 Å². The van der Waals surface area contributed by atoms with Gasteiger partial charge in [0.05, 0.1) is 7.11 Å². The van der Waals surface area contributed by atoms with Gasteiger partial charge in [0, 0.05) is 0 Å². The van der Waals surface area contributed by atoms with E-state index in [1.165, 1.54) is 0 Å². The highest BCUT2D eigenvalue weighted by molar-refractivity contribution is 6.08. The predicted molar refractivity (Wildman–Crippen MR) is 80.1 cm³/mol. The monoisotopic (exact) mass is 354 g/mol. The number of ketones is 1. The molecule has 1 heterocycles.